The second-order valence-corrected chi connectivity index (χ2v) is 10.2. The predicted octanol–water partition coefficient (Wildman–Crippen LogP) is 4.43. The molecule has 37 heavy (non-hydrogen) atoms. The molecule has 4 aromatic rings. The zero-order chi connectivity index (χ0) is 26.1. The van der Waals surface area contributed by atoms with Crippen LogP contribution in [-0.2, 0) is 11.3 Å². The van der Waals surface area contributed by atoms with Crippen molar-refractivity contribution < 1.29 is 13.9 Å². The molecule has 4 aromatic heterocycles. The van der Waals surface area contributed by atoms with Gasteiger partial charge in [-0.05, 0) is 32.6 Å². The summed E-state index contributed by atoms with van der Waals surface area (Å²) in [6, 6.07) is 3.60. The Balaban J connectivity index is 1.32. The summed E-state index contributed by atoms with van der Waals surface area (Å²) < 4.78 is 24.2. The van der Waals surface area contributed by atoms with Gasteiger partial charge in [-0.3, -0.25) is 14.2 Å². The third kappa shape index (κ3) is 5.42. The quantitative estimate of drug-likeness (QED) is 0.321. The van der Waals surface area contributed by atoms with Crippen LogP contribution >= 0.6 is 0 Å². The van der Waals surface area contributed by atoms with Gasteiger partial charge in [0.15, 0.2) is 5.82 Å². The summed E-state index contributed by atoms with van der Waals surface area (Å²) in [4.78, 5) is 21.1. The Morgan fingerprint density at radius 1 is 1.27 bits per heavy atom. The highest BCUT2D eigenvalue weighted by Crippen LogP contribution is 2.38. The summed E-state index contributed by atoms with van der Waals surface area (Å²) in [5.41, 5.74) is 2.97. The Bertz CT molecular complexity index is 1380. The van der Waals surface area contributed by atoms with Crippen LogP contribution in [-0.4, -0.2) is 58.8 Å². The summed E-state index contributed by atoms with van der Waals surface area (Å²) in [7, 11) is 0. The Labute approximate surface area is 213 Å². The monoisotopic (exact) mass is 509 g/mol. The van der Waals surface area contributed by atoms with E-state index in [-0.39, 0.29) is 6.04 Å². The SMILES string of the molecule is CC(C)Cn1cc(-c2cc3nccn3c(Nc3cc([C@H]4CC[C@@H](OC(=O)NC(C)C)[C@H]4F)[nH]n3)n2)cn1. The number of hydrogen-bond acceptors (Lipinski definition) is 7. The zero-order valence-corrected chi connectivity index (χ0v) is 21.3. The molecule has 0 spiro atoms. The highest BCUT2D eigenvalue weighted by atomic mass is 19.1. The summed E-state index contributed by atoms with van der Waals surface area (Å²) in [6.07, 6.45) is 5.56. The molecule has 12 heteroatoms. The Morgan fingerprint density at radius 3 is 2.89 bits per heavy atom. The highest BCUT2D eigenvalue weighted by Gasteiger charge is 2.41. The minimum Gasteiger partial charge on any atom is -0.443 e. The molecule has 0 saturated heterocycles. The number of rotatable bonds is 8. The van der Waals surface area contributed by atoms with Crippen molar-refractivity contribution >= 4 is 23.5 Å². The molecule has 0 aromatic carbocycles. The van der Waals surface area contributed by atoms with Crippen molar-refractivity contribution in [1.82, 2.24) is 39.7 Å². The van der Waals surface area contributed by atoms with E-state index in [0.29, 0.717) is 36.2 Å². The maximum Gasteiger partial charge on any atom is 0.407 e. The third-order valence-corrected chi connectivity index (χ3v) is 6.27. The van der Waals surface area contributed by atoms with Crippen LogP contribution in [0.1, 0.15) is 52.1 Å². The summed E-state index contributed by atoms with van der Waals surface area (Å²) in [6.45, 7) is 8.75. The number of halogens is 1. The lowest BCUT2D eigenvalue weighted by Gasteiger charge is -2.18. The minimum absolute atomic E-state index is 0.0747. The number of anilines is 2. The van der Waals surface area contributed by atoms with E-state index < -0.39 is 24.3 Å². The van der Waals surface area contributed by atoms with Crippen LogP contribution in [0.5, 0.6) is 0 Å². The van der Waals surface area contributed by atoms with Gasteiger partial charge in [-0.2, -0.15) is 10.2 Å². The second-order valence-electron chi connectivity index (χ2n) is 10.2. The lowest BCUT2D eigenvalue weighted by Crippen LogP contribution is -2.36. The van der Waals surface area contributed by atoms with Crippen molar-refractivity contribution in [2.45, 2.75) is 71.3 Å². The molecular weight excluding hydrogens is 477 g/mol. The van der Waals surface area contributed by atoms with Crippen LogP contribution in [0.3, 0.4) is 0 Å². The van der Waals surface area contributed by atoms with Crippen LogP contribution in [0.15, 0.2) is 36.9 Å². The smallest absolute Gasteiger partial charge is 0.407 e. The zero-order valence-electron chi connectivity index (χ0n) is 21.3. The van der Waals surface area contributed by atoms with Crippen LogP contribution in [0, 0.1) is 5.92 Å². The van der Waals surface area contributed by atoms with Gasteiger partial charge in [0.2, 0.25) is 5.95 Å². The summed E-state index contributed by atoms with van der Waals surface area (Å²) in [5, 5.41) is 17.6. The molecule has 4 heterocycles. The van der Waals surface area contributed by atoms with Gasteiger partial charge in [0.1, 0.15) is 17.9 Å². The second kappa shape index (κ2) is 10.2. The van der Waals surface area contributed by atoms with Crippen LogP contribution in [0.2, 0.25) is 0 Å². The number of aromatic amines is 1. The molecule has 1 aliphatic rings. The average molecular weight is 510 g/mol. The highest BCUT2D eigenvalue weighted by molar-refractivity contribution is 5.68. The molecular formula is C25H32FN9O2. The van der Waals surface area contributed by atoms with Gasteiger partial charge >= 0.3 is 6.09 Å². The topological polar surface area (TPSA) is 127 Å². The molecule has 1 saturated carbocycles. The van der Waals surface area contributed by atoms with Crippen LogP contribution in [0.4, 0.5) is 21.0 Å². The fraction of sp³-hybridized carbons (Fsp3) is 0.480. The number of hydrogen-bond donors (Lipinski definition) is 3. The predicted molar refractivity (Wildman–Crippen MR) is 136 cm³/mol. The van der Waals surface area contributed by atoms with E-state index in [4.69, 9.17) is 9.72 Å². The largest absolute Gasteiger partial charge is 0.443 e. The van der Waals surface area contributed by atoms with Crippen molar-refractivity contribution in [3.8, 4) is 11.3 Å². The van der Waals surface area contributed by atoms with Gasteiger partial charge in [-0.1, -0.05) is 13.8 Å². The number of alkyl halides is 1. The standard InChI is InChI=1S/C25H32FN9O2/c1-14(2)12-34-13-16(11-28-34)18-10-22-27-7-8-35(22)24(30-18)31-21-9-19(32-33-21)17-5-6-20(23(17)26)37-25(36)29-15(3)4/h7-11,13-15,17,20,23H,5-6,12H2,1-4H3,(H,29,36)(H2,30,31,32,33)/t17-,20-,23+/m1/s1. The maximum atomic E-state index is 15.2. The van der Waals surface area contributed by atoms with E-state index in [1.54, 1.807) is 18.5 Å². The molecule has 1 fully saturated rings. The lowest BCUT2D eigenvalue weighted by atomic mass is 10.0. The number of alkyl carbamates (subject to hydrolysis) is 1. The van der Waals surface area contributed by atoms with E-state index in [0.717, 1.165) is 23.4 Å². The molecule has 196 valence electrons. The number of carbonyl (C=O) groups excluding carboxylic acids is 1. The number of amides is 1. The molecule has 3 atom stereocenters. The van der Waals surface area contributed by atoms with E-state index in [1.807, 2.05) is 41.4 Å². The van der Waals surface area contributed by atoms with Gasteiger partial charge in [0.25, 0.3) is 0 Å². The van der Waals surface area contributed by atoms with Crippen molar-refractivity contribution in [1.29, 1.82) is 0 Å². The Morgan fingerprint density at radius 2 is 2.11 bits per heavy atom. The van der Waals surface area contributed by atoms with Crippen molar-refractivity contribution in [3.05, 3.63) is 42.6 Å². The third-order valence-electron chi connectivity index (χ3n) is 6.27. The Hall–Kier alpha value is -3.96. The van der Waals surface area contributed by atoms with Crippen molar-refractivity contribution in [2.24, 2.45) is 5.92 Å². The van der Waals surface area contributed by atoms with E-state index in [1.165, 1.54) is 0 Å². The van der Waals surface area contributed by atoms with Crippen molar-refractivity contribution in [3.63, 3.8) is 0 Å². The van der Waals surface area contributed by atoms with Gasteiger partial charge in [0, 0.05) is 60.5 Å². The molecule has 0 unspecified atom stereocenters. The molecule has 0 radical (unpaired) electrons. The van der Waals surface area contributed by atoms with Crippen LogP contribution < -0.4 is 10.6 Å². The first-order valence-electron chi connectivity index (χ1n) is 12.6. The first-order chi connectivity index (χ1) is 17.8. The fourth-order valence-electron chi connectivity index (χ4n) is 4.61. The molecule has 11 nitrogen and oxygen atoms in total. The number of nitrogens with zero attached hydrogens (tertiary/aromatic N) is 6. The fourth-order valence-corrected chi connectivity index (χ4v) is 4.61. The van der Waals surface area contributed by atoms with Gasteiger partial charge in [-0.15, -0.1) is 0 Å². The van der Waals surface area contributed by atoms with Gasteiger partial charge in [0.05, 0.1) is 11.9 Å². The van der Waals surface area contributed by atoms with E-state index >= 15 is 4.39 Å². The van der Waals surface area contributed by atoms with Gasteiger partial charge < -0.3 is 15.4 Å². The molecule has 3 N–H and O–H groups in total. The van der Waals surface area contributed by atoms with E-state index in [9.17, 15) is 4.79 Å². The lowest BCUT2D eigenvalue weighted by molar-refractivity contribution is 0.0555. The number of H-pyrrole nitrogens is 1. The first kappa shape index (κ1) is 24.7. The number of nitrogens with one attached hydrogen (secondary N) is 3. The summed E-state index contributed by atoms with van der Waals surface area (Å²) >= 11 is 0. The number of ether oxygens (including phenoxy) is 1. The summed E-state index contributed by atoms with van der Waals surface area (Å²) in [5.74, 6) is 1.05. The van der Waals surface area contributed by atoms with Crippen molar-refractivity contribution in [2.75, 3.05) is 5.32 Å². The molecule has 1 aliphatic carbocycles. The number of aromatic nitrogens is 7. The Kier molecular flexibility index (Phi) is 6.81. The normalized spacial score (nSPS) is 19.7. The number of imidazole rings is 1. The van der Waals surface area contributed by atoms with Crippen LogP contribution in [0.25, 0.3) is 16.9 Å². The van der Waals surface area contributed by atoms with E-state index in [2.05, 4.69) is 44.8 Å². The number of carbonyl (C=O) groups is 1. The molecule has 0 bridgehead atoms. The molecule has 0 aliphatic heterocycles. The minimum atomic E-state index is -1.32. The number of fused-ring (bicyclic) bond motifs is 1. The molecule has 1 amide bonds. The molecule has 5 rings (SSSR count). The van der Waals surface area contributed by atoms with Gasteiger partial charge in [-0.25, -0.2) is 19.2 Å². The first-order valence-corrected chi connectivity index (χ1v) is 12.6. The average Bonchev–Trinajstić information content (AvgIpc) is 3.61. The maximum absolute atomic E-state index is 15.2.